The normalized spacial score (nSPS) is 25.3. The molecule has 0 saturated heterocycles. The fraction of sp³-hybridized carbons (Fsp3) is 0.190. The Hall–Kier alpha value is -4.62. The predicted molar refractivity (Wildman–Crippen MR) is 178 cm³/mol. The topological polar surface area (TPSA) is 9.23 Å². The monoisotopic (exact) mass is 554 g/mol. The Morgan fingerprint density at radius 2 is 1.65 bits per heavy atom. The summed E-state index contributed by atoms with van der Waals surface area (Å²) in [5.41, 5.74) is 13.1. The molecule has 43 heavy (non-hydrogen) atoms. The van der Waals surface area contributed by atoms with Crippen LogP contribution in [0.5, 0.6) is 5.75 Å². The molecule has 3 aromatic carbocycles. The van der Waals surface area contributed by atoms with E-state index in [1.165, 1.54) is 49.8 Å². The average Bonchev–Trinajstić information content (AvgIpc) is 3.46. The first-order valence-corrected chi connectivity index (χ1v) is 15.9. The van der Waals surface area contributed by atoms with Crippen molar-refractivity contribution in [3.63, 3.8) is 0 Å². The molecule has 208 valence electrons. The Balaban J connectivity index is 1.16. The summed E-state index contributed by atoms with van der Waals surface area (Å²) in [6, 6.07) is 24.0. The lowest BCUT2D eigenvalue weighted by Crippen LogP contribution is -2.26. The molecule has 3 unspecified atom stereocenters. The summed E-state index contributed by atoms with van der Waals surface area (Å²) in [4.78, 5) is 0. The second-order valence-electron chi connectivity index (χ2n) is 12.6. The highest BCUT2D eigenvalue weighted by molar-refractivity contribution is 5.91. The third kappa shape index (κ3) is 3.98. The lowest BCUT2D eigenvalue weighted by Gasteiger charge is -2.40. The molecule has 6 aliphatic rings. The molecule has 0 radical (unpaired) electrons. The number of benzene rings is 3. The quantitative estimate of drug-likeness (QED) is 0.313. The van der Waals surface area contributed by atoms with Crippen LogP contribution in [0, 0.1) is 11.8 Å². The van der Waals surface area contributed by atoms with Crippen molar-refractivity contribution < 1.29 is 4.74 Å². The molecule has 3 aromatic rings. The molecule has 1 heterocycles. The first-order chi connectivity index (χ1) is 21.3. The molecule has 9 rings (SSSR count). The Bertz CT molecular complexity index is 1960. The van der Waals surface area contributed by atoms with Crippen LogP contribution in [0.3, 0.4) is 0 Å². The van der Waals surface area contributed by atoms with E-state index in [4.69, 9.17) is 4.74 Å². The van der Waals surface area contributed by atoms with Crippen LogP contribution in [0.25, 0.3) is 16.3 Å². The van der Waals surface area contributed by atoms with Crippen LogP contribution < -0.4 is 4.74 Å². The lowest BCUT2D eigenvalue weighted by atomic mass is 9.63. The highest BCUT2D eigenvalue weighted by atomic mass is 16.5. The van der Waals surface area contributed by atoms with E-state index in [1.54, 1.807) is 11.1 Å². The molecule has 0 spiro atoms. The van der Waals surface area contributed by atoms with Gasteiger partial charge >= 0.3 is 0 Å². The van der Waals surface area contributed by atoms with E-state index in [0.717, 1.165) is 43.6 Å². The van der Waals surface area contributed by atoms with Gasteiger partial charge in [-0.2, -0.15) is 0 Å². The van der Waals surface area contributed by atoms with Gasteiger partial charge in [0.2, 0.25) is 0 Å². The van der Waals surface area contributed by atoms with Crippen LogP contribution >= 0.6 is 0 Å². The van der Waals surface area contributed by atoms with Crippen LogP contribution in [0.1, 0.15) is 49.1 Å². The first kappa shape index (κ1) is 24.9. The van der Waals surface area contributed by atoms with Crippen molar-refractivity contribution in [2.24, 2.45) is 11.8 Å². The zero-order chi connectivity index (χ0) is 28.3. The molecule has 1 aliphatic heterocycles. The molecular weight excluding hydrogens is 520 g/mol. The largest absolute Gasteiger partial charge is 0.460 e. The maximum Gasteiger partial charge on any atom is 0.138 e. The fourth-order valence-corrected chi connectivity index (χ4v) is 8.32. The Morgan fingerprint density at radius 1 is 0.744 bits per heavy atom. The summed E-state index contributed by atoms with van der Waals surface area (Å²) in [5.74, 6) is 3.27. The average molecular weight is 555 g/mol. The van der Waals surface area contributed by atoms with E-state index in [1.807, 2.05) is 0 Å². The minimum Gasteiger partial charge on any atom is -0.460 e. The van der Waals surface area contributed by atoms with E-state index in [-0.39, 0.29) is 5.92 Å². The van der Waals surface area contributed by atoms with Crippen molar-refractivity contribution in [2.75, 3.05) is 0 Å². The van der Waals surface area contributed by atoms with Crippen molar-refractivity contribution in [1.82, 2.24) is 0 Å². The lowest BCUT2D eigenvalue weighted by molar-refractivity contribution is 0.427. The summed E-state index contributed by atoms with van der Waals surface area (Å²) in [5, 5.41) is 2.45. The van der Waals surface area contributed by atoms with Crippen molar-refractivity contribution >= 4 is 16.3 Å². The summed E-state index contributed by atoms with van der Waals surface area (Å²) in [6.45, 7) is 0. The molecule has 1 nitrogen and oxygen atoms in total. The standard InChI is InChI=1S/C42H34O/c1-2-11-27(12-3-1)29-14-10-15-30(25-29)40-33-17-6-8-19-35(33)41(36-20-9-7-18-34(36)40)31-22-24-39-38(26-31)37-23-21-28-13-4-5-16-32(28)42(37)43-39/h1-6,8-14,16,19-25,30,33,38H,7,15,17-18,26H2. The van der Waals surface area contributed by atoms with E-state index >= 15 is 0 Å². The summed E-state index contributed by atoms with van der Waals surface area (Å²) in [7, 11) is 0. The second kappa shape index (κ2) is 9.99. The fourth-order valence-electron chi connectivity index (χ4n) is 8.32. The van der Waals surface area contributed by atoms with Crippen LogP contribution in [0.4, 0.5) is 0 Å². The van der Waals surface area contributed by atoms with E-state index in [9.17, 15) is 0 Å². The van der Waals surface area contributed by atoms with Gasteiger partial charge in [-0.3, -0.25) is 0 Å². The van der Waals surface area contributed by atoms with Gasteiger partial charge in [-0.15, -0.1) is 0 Å². The number of rotatable bonds is 3. The molecule has 0 bridgehead atoms. The van der Waals surface area contributed by atoms with E-state index in [0.29, 0.717) is 11.8 Å². The molecule has 0 aromatic heterocycles. The van der Waals surface area contributed by atoms with Gasteiger partial charge in [-0.1, -0.05) is 127 Å². The van der Waals surface area contributed by atoms with Crippen molar-refractivity contribution in [3.8, 4) is 5.75 Å². The predicted octanol–water partition coefficient (Wildman–Crippen LogP) is 10.6. The van der Waals surface area contributed by atoms with Crippen molar-refractivity contribution in [1.29, 1.82) is 0 Å². The second-order valence-corrected chi connectivity index (χ2v) is 12.6. The molecule has 1 heteroatoms. The van der Waals surface area contributed by atoms with Gasteiger partial charge in [0.1, 0.15) is 11.5 Å². The highest BCUT2D eigenvalue weighted by Gasteiger charge is 2.40. The van der Waals surface area contributed by atoms with Crippen LogP contribution in [0.15, 0.2) is 167 Å². The molecule has 5 aliphatic carbocycles. The van der Waals surface area contributed by atoms with Gasteiger partial charge in [0, 0.05) is 28.7 Å². The van der Waals surface area contributed by atoms with Gasteiger partial charge in [0.25, 0.3) is 0 Å². The van der Waals surface area contributed by atoms with Gasteiger partial charge in [-0.05, 0) is 82.6 Å². The van der Waals surface area contributed by atoms with Crippen LogP contribution in [-0.4, -0.2) is 0 Å². The minimum atomic E-state index is 0.270. The number of fused-ring (bicyclic) bond motifs is 7. The maximum atomic E-state index is 6.55. The van der Waals surface area contributed by atoms with E-state index < -0.39 is 0 Å². The number of ether oxygens (including phenoxy) is 1. The third-order valence-electron chi connectivity index (χ3n) is 10.2. The number of hydrogen-bond acceptors (Lipinski definition) is 1. The number of hydrogen-bond donors (Lipinski definition) is 0. The van der Waals surface area contributed by atoms with E-state index in [2.05, 4.69) is 127 Å². The highest BCUT2D eigenvalue weighted by Crippen LogP contribution is 2.55. The molecule has 3 atom stereocenters. The molecule has 0 amide bonds. The van der Waals surface area contributed by atoms with Crippen LogP contribution in [-0.2, 0) is 0 Å². The molecule has 0 N–H and O–H groups in total. The van der Waals surface area contributed by atoms with Gasteiger partial charge in [0.15, 0.2) is 0 Å². The smallest absolute Gasteiger partial charge is 0.138 e. The molecule has 0 saturated carbocycles. The van der Waals surface area contributed by atoms with Gasteiger partial charge in [0.05, 0.1) is 0 Å². The molecule has 0 fully saturated rings. The summed E-state index contributed by atoms with van der Waals surface area (Å²) in [6.07, 6.45) is 29.2. The molecular formula is C42H34O. The van der Waals surface area contributed by atoms with Crippen molar-refractivity contribution in [2.45, 2.75) is 38.0 Å². The third-order valence-corrected chi connectivity index (χ3v) is 10.2. The zero-order valence-electron chi connectivity index (χ0n) is 24.3. The Morgan fingerprint density at radius 3 is 2.60 bits per heavy atom. The maximum absolute atomic E-state index is 6.55. The minimum absolute atomic E-state index is 0.270. The van der Waals surface area contributed by atoms with Crippen LogP contribution in [0.2, 0.25) is 0 Å². The summed E-state index contributed by atoms with van der Waals surface area (Å²) >= 11 is 0. The Labute approximate surface area is 254 Å². The summed E-state index contributed by atoms with van der Waals surface area (Å²) < 4.78 is 6.55. The SMILES string of the molecule is C1=CCC2C(=C1)C(C1=CC=C3Oc4c(ccc5ccccc45)C3C1)=C1C=CCCC1=C2C1C=C(c2ccccc2)C=CC1. The number of allylic oxidation sites excluding steroid dienone is 18. The Kier molecular flexibility index (Phi) is 5.79. The van der Waals surface area contributed by atoms with Gasteiger partial charge in [-0.25, -0.2) is 0 Å². The first-order valence-electron chi connectivity index (χ1n) is 15.9. The van der Waals surface area contributed by atoms with Crippen molar-refractivity contribution in [3.05, 3.63) is 178 Å². The zero-order valence-corrected chi connectivity index (χ0v) is 24.3. The van der Waals surface area contributed by atoms with Gasteiger partial charge < -0.3 is 4.74 Å².